The highest BCUT2D eigenvalue weighted by Crippen LogP contribution is 2.28. The molecule has 0 bridgehead atoms. The van der Waals surface area contributed by atoms with Crippen LogP contribution in [0.2, 0.25) is 10.0 Å². The molecule has 1 aliphatic rings. The first-order valence-corrected chi connectivity index (χ1v) is 10.8. The highest BCUT2D eigenvalue weighted by molar-refractivity contribution is 6.35. The molecule has 1 fully saturated rings. The number of esters is 1. The number of hydrogen-bond donors (Lipinski definition) is 2. The zero-order chi connectivity index (χ0) is 21.7. The summed E-state index contributed by atoms with van der Waals surface area (Å²) in [5, 5.41) is 7.54. The Balaban J connectivity index is 1.81. The zero-order valence-corrected chi connectivity index (χ0v) is 18.9. The van der Waals surface area contributed by atoms with Crippen molar-refractivity contribution < 1.29 is 9.53 Å². The van der Waals surface area contributed by atoms with Crippen molar-refractivity contribution in [1.29, 1.82) is 0 Å². The number of halogens is 2. The Bertz CT molecular complexity index is 865. The first-order chi connectivity index (χ1) is 14.4. The molecule has 1 saturated carbocycles. The summed E-state index contributed by atoms with van der Waals surface area (Å²) in [7, 11) is 4.23. The van der Waals surface area contributed by atoms with Crippen LogP contribution in [-0.4, -0.2) is 53.6 Å². The van der Waals surface area contributed by atoms with Crippen molar-refractivity contribution in [3.63, 3.8) is 0 Å². The quantitative estimate of drug-likeness (QED) is 0.573. The van der Waals surface area contributed by atoms with Gasteiger partial charge in [-0.2, -0.15) is 4.98 Å². The standard InChI is InChI=1S/C21H27Cl2N5O2/c1-4-30-20(29)18-12-24-21(26-16-10-13(22)9-14(23)11-16)27-19(18)25-15-5-7-17(8-6-15)28(2)3/h9-12,15,17H,4-8H2,1-3H3,(H2,24,25,26,27). The summed E-state index contributed by atoms with van der Waals surface area (Å²) in [5.41, 5.74) is 0.982. The van der Waals surface area contributed by atoms with Crippen LogP contribution in [0.15, 0.2) is 24.4 Å². The van der Waals surface area contributed by atoms with E-state index in [9.17, 15) is 4.79 Å². The van der Waals surface area contributed by atoms with Crippen molar-refractivity contribution in [1.82, 2.24) is 14.9 Å². The second-order valence-corrected chi connectivity index (χ2v) is 8.45. The summed E-state index contributed by atoms with van der Waals surface area (Å²) in [6, 6.07) is 5.92. The second-order valence-electron chi connectivity index (χ2n) is 7.57. The van der Waals surface area contributed by atoms with Gasteiger partial charge in [0.2, 0.25) is 5.95 Å². The van der Waals surface area contributed by atoms with Crippen LogP contribution in [0.5, 0.6) is 0 Å². The van der Waals surface area contributed by atoms with Crippen molar-refractivity contribution in [3.05, 3.63) is 40.0 Å². The van der Waals surface area contributed by atoms with E-state index < -0.39 is 5.97 Å². The van der Waals surface area contributed by atoms with E-state index in [1.54, 1.807) is 25.1 Å². The smallest absolute Gasteiger partial charge is 0.343 e. The van der Waals surface area contributed by atoms with E-state index in [0.717, 1.165) is 25.7 Å². The van der Waals surface area contributed by atoms with E-state index in [1.165, 1.54) is 6.20 Å². The molecular formula is C21H27Cl2N5O2. The summed E-state index contributed by atoms with van der Waals surface area (Å²) < 4.78 is 5.17. The maximum absolute atomic E-state index is 12.4. The topological polar surface area (TPSA) is 79.4 Å². The lowest BCUT2D eigenvalue weighted by Gasteiger charge is -2.33. The lowest BCUT2D eigenvalue weighted by atomic mass is 9.90. The molecule has 0 unspecified atom stereocenters. The van der Waals surface area contributed by atoms with Gasteiger partial charge in [-0.25, -0.2) is 9.78 Å². The minimum Gasteiger partial charge on any atom is -0.462 e. The molecule has 9 heteroatoms. The molecule has 0 amide bonds. The predicted octanol–water partition coefficient (Wildman–Crippen LogP) is 4.99. The molecule has 0 saturated heterocycles. The second kappa shape index (κ2) is 10.3. The number of ether oxygens (including phenoxy) is 1. The maximum Gasteiger partial charge on any atom is 0.343 e. The molecule has 1 aromatic carbocycles. The van der Waals surface area contributed by atoms with Gasteiger partial charge in [0, 0.05) is 34.0 Å². The van der Waals surface area contributed by atoms with Crippen molar-refractivity contribution in [3.8, 4) is 0 Å². The van der Waals surface area contributed by atoms with Crippen LogP contribution in [0.1, 0.15) is 43.0 Å². The summed E-state index contributed by atoms with van der Waals surface area (Å²) in [6.45, 7) is 2.06. The average Bonchev–Trinajstić information content (AvgIpc) is 2.68. The summed E-state index contributed by atoms with van der Waals surface area (Å²) in [6.07, 6.45) is 5.67. The number of rotatable bonds is 7. The molecule has 7 nitrogen and oxygen atoms in total. The summed E-state index contributed by atoms with van der Waals surface area (Å²) >= 11 is 12.1. The predicted molar refractivity (Wildman–Crippen MR) is 121 cm³/mol. The van der Waals surface area contributed by atoms with Crippen LogP contribution in [0.4, 0.5) is 17.5 Å². The highest BCUT2D eigenvalue weighted by atomic mass is 35.5. The van der Waals surface area contributed by atoms with Gasteiger partial charge in [-0.15, -0.1) is 0 Å². The third-order valence-electron chi connectivity index (χ3n) is 5.17. The van der Waals surface area contributed by atoms with Crippen LogP contribution in [-0.2, 0) is 4.74 Å². The summed E-state index contributed by atoms with van der Waals surface area (Å²) in [4.78, 5) is 23.5. The van der Waals surface area contributed by atoms with Gasteiger partial charge in [-0.1, -0.05) is 23.2 Å². The number of aromatic nitrogens is 2. The van der Waals surface area contributed by atoms with Crippen LogP contribution in [0, 0.1) is 0 Å². The molecule has 2 aromatic rings. The van der Waals surface area contributed by atoms with Crippen LogP contribution >= 0.6 is 23.2 Å². The third kappa shape index (κ3) is 5.97. The number of carbonyl (C=O) groups excluding carboxylic acids is 1. The third-order valence-corrected chi connectivity index (χ3v) is 5.61. The fourth-order valence-corrected chi connectivity index (χ4v) is 4.12. The Labute approximate surface area is 187 Å². The Morgan fingerprint density at radius 2 is 1.83 bits per heavy atom. The molecule has 0 aliphatic heterocycles. The van der Waals surface area contributed by atoms with E-state index in [2.05, 4.69) is 39.6 Å². The Kier molecular flexibility index (Phi) is 7.75. The molecule has 2 N–H and O–H groups in total. The number of anilines is 3. The lowest BCUT2D eigenvalue weighted by Crippen LogP contribution is -2.36. The average molecular weight is 452 g/mol. The first-order valence-electron chi connectivity index (χ1n) is 10.1. The minimum absolute atomic E-state index is 0.234. The molecule has 1 aromatic heterocycles. The van der Waals surface area contributed by atoms with Crippen molar-refractivity contribution >= 4 is 46.6 Å². The normalized spacial score (nSPS) is 18.9. The zero-order valence-electron chi connectivity index (χ0n) is 17.4. The van der Waals surface area contributed by atoms with E-state index in [0.29, 0.717) is 39.1 Å². The van der Waals surface area contributed by atoms with Crippen molar-refractivity contribution in [2.75, 3.05) is 31.3 Å². The largest absolute Gasteiger partial charge is 0.462 e. The number of carbonyl (C=O) groups is 1. The Morgan fingerprint density at radius 1 is 1.17 bits per heavy atom. The van der Waals surface area contributed by atoms with Gasteiger partial charge >= 0.3 is 5.97 Å². The van der Waals surface area contributed by atoms with Gasteiger partial charge < -0.3 is 20.3 Å². The molecule has 30 heavy (non-hydrogen) atoms. The molecule has 162 valence electrons. The van der Waals surface area contributed by atoms with Crippen molar-refractivity contribution in [2.45, 2.75) is 44.7 Å². The van der Waals surface area contributed by atoms with Gasteiger partial charge in [0.25, 0.3) is 0 Å². The minimum atomic E-state index is -0.445. The van der Waals surface area contributed by atoms with Crippen LogP contribution in [0.3, 0.4) is 0 Å². The number of nitrogens with one attached hydrogen (secondary N) is 2. The maximum atomic E-state index is 12.4. The molecule has 1 aliphatic carbocycles. The Hall–Kier alpha value is -2.09. The summed E-state index contributed by atoms with van der Waals surface area (Å²) in [5.74, 6) is 0.359. The van der Waals surface area contributed by atoms with Gasteiger partial charge in [-0.3, -0.25) is 0 Å². The molecule has 3 rings (SSSR count). The number of nitrogens with zero attached hydrogens (tertiary/aromatic N) is 3. The SMILES string of the molecule is CCOC(=O)c1cnc(Nc2cc(Cl)cc(Cl)c2)nc1NC1CCC(N(C)C)CC1. The van der Waals surface area contributed by atoms with Gasteiger partial charge in [0.05, 0.1) is 6.61 Å². The van der Waals surface area contributed by atoms with Gasteiger partial charge in [-0.05, 0) is 64.9 Å². The van der Waals surface area contributed by atoms with Crippen LogP contribution < -0.4 is 10.6 Å². The van der Waals surface area contributed by atoms with Gasteiger partial charge in [0.1, 0.15) is 11.4 Å². The van der Waals surface area contributed by atoms with E-state index in [-0.39, 0.29) is 12.6 Å². The molecule has 0 radical (unpaired) electrons. The van der Waals surface area contributed by atoms with E-state index in [1.807, 2.05) is 0 Å². The van der Waals surface area contributed by atoms with Gasteiger partial charge in [0.15, 0.2) is 0 Å². The number of hydrogen-bond acceptors (Lipinski definition) is 7. The van der Waals surface area contributed by atoms with E-state index in [4.69, 9.17) is 27.9 Å². The lowest BCUT2D eigenvalue weighted by molar-refractivity contribution is 0.0526. The molecular weight excluding hydrogens is 425 g/mol. The molecule has 0 atom stereocenters. The van der Waals surface area contributed by atoms with E-state index >= 15 is 0 Å². The van der Waals surface area contributed by atoms with Crippen molar-refractivity contribution in [2.24, 2.45) is 0 Å². The molecule has 1 heterocycles. The number of benzene rings is 1. The fraction of sp³-hybridized carbons (Fsp3) is 0.476. The Morgan fingerprint density at radius 3 is 2.43 bits per heavy atom. The molecule has 0 spiro atoms. The first kappa shape index (κ1) is 22.6. The monoisotopic (exact) mass is 451 g/mol. The van der Waals surface area contributed by atoms with Crippen LogP contribution in [0.25, 0.3) is 0 Å². The highest BCUT2D eigenvalue weighted by Gasteiger charge is 2.25. The fourth-order valence-electron chi connectivity index (χ4n) is 3.60.